The number of benzene rings is 3. The fourth-order valence-electron chi connectivity index (χ4n) is 5.04. The minimum Gasteiger partial charge on any atom is -0.491 e. The number of rotatable bonds is 8. The Kier molecular flexibility index (Phi) is 8.09. The number of urea groups is 1. The van der Waals surface area contributed by atoms with Crippen LogP contribution in [0.5, 0.6) is 5.75 Å². The number of carbonyl (C=O) groups is 1. The number of aromatic nitrogens is 2. The van der Waals surface area contributed by atoms with Crippen LogP contribution in [-0.4, -0.2) is 33.9 Å². The van der Waals surface area contributed by atoms with E-state index >= 15 is 0 Å². The molecule has 3 aromatic carbocycles. The molecule has 1 aliphatic rings. The van der Waals surface area contributed by atoms with Crippen molar-refractivity contribution in [1.82, 2.24) is 14.7 Å². The van der Waals surface area contributed by atoms with Crippen molar-refractivity contribution < 1.29 is 13.9 Å². The number of aryl methyl sites for hydroxylation is 1. The highest BCUT2D eigenvalue weighted by atomic mass is 35.5. The van der Waals surface area contributed by atoms with Gasteiger partial charge in [0.15, 0.2) is 0 Å². The predicted molar refractivity (Wildman–Crippen MR) is 157 cm³/mol. The van der Waals surface area contributed by atoms with Gasteiger partial charge < -0.3 is 15.8 Å². The van der Waals surface area contributed by atoms with Crippen molar-refractivity contribution in [2.75, 3.05) is 18.5 Å². The van der Waals surface area contributed by atoms with Gasteiger partial charge in [0.2, 0.25) is 0 Å². The minimum absolute atomic E-state index is 0.307. The summed E-state index contributed by atoms with van der Waals surface area (Å²) in [6, 6.07) is 17.8. The van der Waals surface area contributed by atoms with Gasteiger partial charge in [0.05, 0.1) is 18.0 Å². The quantitative estimate of drug-likeness (QED) is 0.250. The molecular formula is C31H33ClFN5O2. The monoisotopic (exact) mass is 561 g/mol. The smallest absolute Gasteiger partial charge is 0.316 e. The number of fused-ring (bicyclic) bond motifs is 1. The second-order valence-electron chi connectivity index (χ2n) is 10.6. The topological polar surface area (TPSA) is 85.4 Å². The fourth-order valence-corrected chi connectivity index (χ4v) is 5.20. The van der Waals surface area contributed by atoms with Crippen LogP contribution in [0.25, 0.3) is 16.9 Å². The zero-order chi connectivity index (χ0) is 28.4. The zero-order valence-electron chi connectivity index (χ0n) is 22.9. The van der Waals surface area contributed by atoms with Gasteiger partial charge in [-0.3, -0.25) is 4.90 Å². The third-order valence-corrected chi connectivity index (χ3v) is 7.17. The van der Waals surface area contributed by atoms with E-state index in [-0.39, 0.29) is 5.82 Å². The van der Waals surface area contributed by atoms with Gasteiger partial charge in [0, 0.05) is 53.5 Å². The predicted octanol–water partition coefficient (Wildman–Crippen LogP) is 6.72. The molecule has 5 rings (SSSR count). The first-order valence-electron chi connectivity index (χ1n) is 13.4. The molecule has 0 atom stereocenters. The number of anilines is 1. The van der Waals surface area contributed by atoms with Crippen LogP contribution in [0.1, 0.15) is 36.2 Å². The third-order valence-electron chi connectivity index (χ3n) is 6.93. The van der Waals surface area contributed by atoms with Crippen molar-refractivity contribution >= 4 is 23.3 Å². The Bertz CT molecular complexity index is 1530. The number of hydrogen-bond donors (Lipinski definition) is 2. The van der Waals surface area contributed by atoms with E-state index < -0.39 is 6.03 Å². The largest absolute Gasteiger partial charge is 0.491 e. The van der Waals surface area contributed by atoms with Gasteiger partial charge >= 0.3 is 6.03 Å². The molecule has 0 spiro atoms. The Morgan fingerprint density at radius 3 is 2.65 bits per heavy atom. The van der Waals surface area contributed by atoms with E-state index in [2.05, 4.69) is 37.1 Å². The summed E-state index contributed by atoms with van der Waals surface area (Å²) in [7, 11) is 0. The maximum absolute atomic E-state index is 14.6. The second kappa shape index (κ2) is 11.7. The number of nitrogens with two attached hydrogens (primary N) is 1. The molecule has 2 heterocycles. The molecule has 1 aliphatic heterocycles. The summed E-state index contributed by atoms with van der Waals surface area (Å²) in [5, 5.41) is 8.12. The number of halogens is 2. The van der Waals surface area contributed by atoms with E-state index in [0.717, 1.165) is 52.5 Å². The SMILES string of the molecule is Cc1cccc(OCC(C)C)c1-n1nc2c(c1-c1ccc(NC(N)=O)cc1)CN(Cc1ccc(Cl)cc1F)CC2. The Morgan fingerprint density at radius 1 is 1.18 bits per heavy atom. The molecule has 2 amide bonds. The Labute approximate surface area is 238 Å². The summed E-state index contributed by atoms with van der Waals surface area (Å²) in [5.41, 5.74) is 12.4. The normalized spacial score (nSPS) is 13.3. The molecule has 7 nitrogen and oxygen atoms in total. The van der Waals surface area contributed by atoms with Crippen LogP contribution in [0.3, 0.4) is 0 Å². The molecule has 0 radical (unpaired) electrons. The van der Waals surface area contributed by atoms with Gasteiger partial charge in [-0.25, -0.2) is 13.9 Å². The van der Waals surface area contributed by atoms with Crippen molar-refractivity contribution in [2.45, 2.75) is 40.3 Å². The van der Waals surface area contributed by atoms with Crippen molar-refractivity contribution in [3.8, 4) is 22.7 Å². The molecule has 0 unspecified atom stereocenters. The molecule has 9 heteroatoms. The average molecular weight is 562 g/mol. The molecule has 208 valence electrons. The number of nitrogens with one attached hydrogen (secondary N) is 1. The van der Waals surface area contributed by atoms with E-state index in [1.54, 1.807) is 12.1 Å². The van der Waals surface area contributed by atoms with Gasteiger partial charge in [-0.15, -0.1) is 0 Å². The first-order valence-corrected chi connectivity index (χ1v) is 13.7. The lowest BCUT2D eigenvalue weighted by Gasteiger charge is -2.27. The standard InChI is InChI=1S/C31H33ClFN5O2/c1-19(2)18-40-28-6-4-5-20(3)29(28)38-30(21-8-11-24(12-9-21)35-31(34)39)25-17-37(14-13-27(25)36-38)16-22-7-10-23(32)15-26(22)33/h4-12,15,19H,13-14,16-18H2,1-3H3,(H3,34,35,39). The Morgan fingerprint density at radius 2 is 1.95 bits per heavy atom. The van der Waals surface area contributed by atoms with Crippen molar-refractivity contribution in [1.29, 1.82) is 0 Å². The molecule has 1 aromatic heterocycles. The van der Waals surface area contributed by atoms with E-state index in [0.29, 0.717) is 41.9 Å². The number of primary amides is 1. The van der Waals surface area contributed by atoms with E-state index in [4.69, 9.17) is 27.2 Å². The first kappa shape index (κ1) is 27.7. The van der Waals surface area contributed by atoms with Crippen LogP contribution >= 0.6 is 11.6 Å². The Hall–Kier alpha value is -3.88. The molecule has 4 aromatic rings. The van der Waals surface area contributed by atoms with Crippen LogP contribution in [0.15, 0.2) is 60.7 Å². The number of carbonyl (C=O) groups excluding carboxylic acids is 1. The fraction of sp³-hybridized carbons (Fsp3) is 0.290. The number of amides is 2. The Balaban J connectivity index is 1.59. The maximum Gasteiger partial charge on any atom is 0.316 e. The second-order valence-corrected chi connectivity index (χ2v) is 11.0. The van der Waals surface area contributed by atoms with Gasteiger partial charge in [-0.2, -0.15) is 5.10 Å². The highest BCUT2D eigenvalue weighted by Crippen LogP contribution is 2.37. The highest BCUT2D eigenvalue weighted by Gasteiger charge is 2.28. The number of ether oxygens (including phenoxy) is 1. The van der Waals surface area contributed by atoms with Gasteiger partial charge in [-0.1, -0.05) is 55.8 Å². The van der Waals surface area contributed by atoms with Crippen molar-refractivity contribution in [2.24, 2.45) is 11.7 Å². The van der Waals surface area contributed by atoms with Crippen molar-refractivity contribution in [3.63, 3.8) is 0 Å². The highest BCUT2D eigenvalue weighted by molar-refractivity contribution is 6.30. The minimum atomic E-state index is -0.618. The van der Waals surface area contributed by atoms with Crippen LogP contribution in [0, 0.1) is 18.7 Å². The van der Waals surface area contributed by atoms with E-state index in [1.807, 2.05) is 41.1 Å². The summed E-state index contributed by atoms with van der Waals surface area (Å²) in [5.74, 6) is 0.825. The van der Waals surface area contributed by atoms with Gasteiger partial charge in [-0.05, 0) is 48.7 Å². The summed E-state index contributed by atoms with van der Waals surface area (Å²) in [6.45, 7) is 8.68. The van der Waals surface area contributed by atoms with Gasteiger partial charge in [0.1, 0.15) is 17.3 Å². The summed E-state index contributed by atoms with van der Waals surface area (Å²) in [6.07, 6.45) is 0.722. The van der Waals surface area contributed by atoms with Crippen LogP contribution in [0.2, 0.25) is 5.02 Å². The van der Waals surface area contributed by atoms with Crippen LogP contribution in [-0.2, 0) is 19.5 Å². The molecular weight excluding hydrogens is 529 g/mol. The van der Waals surface area contributed by atoms with E-state index in [9.17, 15) is 9.18 Å². The van der Waals surface area contributed by atoms with Crippen LogP contribution < -0.4 is 15.8 Å². The summed E-state index contributed by atoms with van der Waals surface area (Å²) < 4.78 is 22.9. The molecule has 0 aliphatic carbocycles. The lowest BCUT2D eigenvalue weighted by molar-refractivity contribution is 0.242. The lowest BCUT2D eigenvalue weighted by atomic mass is 9.99. The molecule has 3 N–H and O–H groups in total. The maximum atomic E-state index is 14.6. The van der Waals surface area contributed by atoms with Gasteiger partial charge in [0.25, 0.3) is 0 Å². The molecule has 0 saturated heterocycles. The van der Waals surface area contributed by atoms with Crippen LogP contribution in [0.4, 0.5) is 14.9 Å². The molecule has 0 fully saturated rings. The molecule has 40 heavy (non-hydrogen) atoms. The first-order chi connectivity index (χ1) is 19.2. The zero-order valence-corrected chi connectivity index (χ0v) is 23.6. The summed E-state index contributed by atoms with van der Waals surface area (Å²) >= 11 is 5.98. The average Bonchev–Trinajstić information content (AvgIpc) is 3.27. The number of nitrogens with zero attached hydrogens (tertiary/aromatic N) is 3. The van der Waals surface area contributed by atoms with E-state index in [1.165, 1.54) is 6.07 Å². The molecule has 0 bridgehead atoms. The number of para-hydroxylation sites is 1. The number of hydrogen-bond acceptors (Lipinski definition) is 4. The van der Waals surface area contributed by atoms with Crippen molar-refractivity contribution in [3.05, 3.63) is 93.9 Å². The lowest BCUT2D eigenvalue weighted by Crippen LogP contribution is -2.30. The summed E-state index contributed by atoms with van der Waals surface area (Å²) in [4.78, 5) is 13.6. The third kappa shape index (κ3) is 5.98. The molecule has 0 saturated carbocycles.